The highest BCUT2D eigenvalue weighted by molar-refractivity contribution is 7.13. The molecule has 0 radical (unpaired) electrons. The fourth-order valence-corrected chi connectivity index (χ4v) is 2.64. The Kier molecular flexibility index (Phi) is 3.12. The lowest BCUT2D eigenvalue weighted by molar-refractivity contribution is 0.0687. The maximum atomic E-state index is 11.4. The van der Waals surface area contributed by atoms with Crippen LogP contribution in [0.4, 0.5) is 0 Å². The van der Waals surface area contributed by atoms with Crippen molar-refractivity contribution in [2.24, 2.45) is 0 Å². The molecule has 1 aromatic carbocycles. The van der Waals surface area contributed by atoms with Crippen LogP contribution in [0.15, 0.2) is 47.8 Å². The fourth-order valence-electron chi connectivity index (χ4n) is 1.96. The van der Waals surface area contributed by atoms with Crippen molar-refractivity contribution in [3.05, 3.63) is 59.1 Å². The molecular weight excluding hydrogens is 272 g/mol. The molecule has 0 bridgehead atoms. The molecule has 0 amide bonds. The number of benzene rings is 1. The zero-order valence-corrected chi connectivity index (χ0v) is 11.6. The number of carbonyl (C=O) groups is 1. The molecule has 20 heavy (non-hydrogen) atoms. The average Bonchev–Trinajstić information content (AvgIpc) is 3.08. The van der Waals surface area contributed by atoms with Crippen molar-refractivity contribution in [2.75, 3.05) is 0 Å². The number of thiophene rings is 1. The minimum atomic E-state index is -0.985. The highest BCUT2D eigenvalue weighted by atomic mass is 32.1. The normalized spacial score (nSPS) is 10.7. The Morgan fingerprint density at radius 3 is 2.60 bits per heavy atom. The lowest BCUT2D eigenvalue weighted by atomic mass is 10.2. The summed E-state index contributed by atoms with van der Waals surface area (Å²) in [5.41, 5.74) is 2.71. The van der Waals surface area contributed by atoms with E-state index in [9.17, 15) is 9.90 Å². The predicted octanol–water partition coefficient (Wildman–Crippen LogP) is 3.61. The van der Waals surface area contributed by atoms with Crippen molar-refractivity contribution in [1.29, 1.82) is 0 Å². The summed E-state index contributed by atoms with van der Waals surface area (Å²) >= 11 is 1.54. The zero-order valence-electron chi connectivity index (χ0n) is 10.8. The Hall–Kier alpha value is -2.40. The largest absolute Gasteiger partial charge is 0.477 e. The summed E-state index contributed by atoms with van der Waals surface area (Å²) in [4.78, 5) is 12.3. The van der Waals surface area contributed by atoms with Gasteiger partial charge in [-0.3, -0.25) is 0 Å². The smallest absolute Gasteiger partial charge is 0.354 e. The number of aromatic nitrogens is 2. The quantitative estimate of drug-likeness (QED) is 0.799. The topological polar surface area (TPSA) is 55.1 Å². The third kappa shape index (κ3) is 2.23. The molecule has 0 unspecified atom stereocenters. The first-order valence-corrected chi connectivity index (χ1v) is 6.97. The monoisotopic (exact) mass is 284 g/mol. The molecule has 100 valence electrons. The maximum absolute atomic E-state index is 11.4. The summed E-state index contributed by atoms with van der Waals surface area (Å²) in [5.74, 6) is -0.985. The molecule has 4 nitrogen and oxygen atoms in total. The van der Waals surface area contributed by atoms with Gasteiger partial charge in [-0.05, 0) is 30.5 Å². The third-order valence-electron chi connectivity index (χ3n) is 2.98. The molecular formula is C15H12N2O2S. The summed E-state index contributed by atoms with van der Waals surface area (Å²) < 4.78 is 1.47. The van der Waals surface area contributed by atoms with E-state index in [1.165, 1.54) is 16.0 Å². The van der Waals surface area contributed by atoms with Gasteiger partial charge in [-0.1, -0.05) is 23.8 Å². The average molecular weight is 284 g/mol. The minimum absolute atomic E-state index is 0.164. The number of nitrogens with zero attached hydrogens (tertiary/aromatic N) is 2. The van der Waals surface area contributed by atoms with Crippen molar-refractivity contribution in [3.8, 4) is 16.3 Å². The van der Waals surface area contributed by atoms with E-state index in [-0.39, 0.29) is 5.69 Å². The SMILES string of the molecule is Cc1ccc(-n2nc(-c3cccs3)cc2C(=O)O)cc1. The van der Waals surface area contributed by atoms with Crippen molar-refractivity contribution < 1.29 is 9.90 Å². The van der Waals surface area contributed by atoms with Gasteiger partial charge >= 0.3 is 5.97 Å². The summed E-state index contributed by atoms with van der Waals surface area (Å²) in [6, 6.07) is 13.1. The number of carboxylic acid groups (broad SMARTS) is 1. The standard InChI is InChI=1S/C15H12N2O2S/c1-10-4-6-11(7-5-10)17-13(15(18)19)9-12(16-17)14-3-2-8-20-14/h2-9H,1H3,(H,18,19). The summed E-state index contributed by atoms with van der Waals surface area (Å²) in [6.07, 6.45) is 0. The highest BCUT2D eigenvalue weighted by Crippen LogP contribution is 2.25. The van der Waals surface area contributed by atoms with Crippen LogP contribution in [0.25, 0.3) is 16.3 Å². The van der Waals surface area contributed by atoms with Crippen LogP contribution in [-0.4, -0.2) is 20.9 Å². The van der Waals surface area contributed by atoms with Crippen molar-refractivity contribution in [1.82, 2.24) is 9.78 Å². The summed E-state index contributed by atoms with van der Waals surface area (Å²) in [7, 11) is 0. The molecule has 0 spiro atoms. The lowest BCUT2D eigenvalue weighted by Crippen LogP contribution is -2.07. The second-order valence-corrected chi connectivity index (χ2v) is 5.39. The molecule has 0 fully saturated rings. The Bertz CT molecular complexity index is 743. The van der Waals surface area contributed by atoms with Gasteiger partial charge in [0.05, 0.1) is 10.6 Å². The highest BCUT2D eigenvalue weighted by Gasteiger charge is 2.16. The molecule has 0 atom stereocenters. The van der Waals surface area contributed by atoms with Crippen LogP contribution in [0, 0.1) is 6.92 Å². The number of hydrogen-bond acceptors (Lipinski definition) is 3. The van der Waals surface area contributed by atoms with Gasteiger partial charge in [0, 0.05) is 6.07 Å². The Labute approximate surface area is 119 Å². The van der Waals surface area contributed by atoms with Crippen LogP contribution in [0.2, 0.25) is 0 Å². The third-order valence-corrected chi connectivity index (χ3v) is 3.87. The molecule has 0 aliphatic rings. The number of rotatable bonds is 3. The predicted molar refractivity (Wildman–Crippen MR) is 78.6 cm³/mol. The van der Waals surface area contributed by atoms with Crippen LogP contribution >= 0.6 is 11.3 Å². The van der Waals surface area contributed by atoms with Crippen LogP contribution in [0.3, 0.4) is 0 Å². The number of aromatic carboxylic acids is 1. The van der Waals surface area contributed by atoms with E-state index < -0.39 is 5.97 Å². The van der Waals surface area contributed by atoms with E-state index in [1.807, 2.05) is 48.7 Å². The minimum Gasteiger partial charge on any atom is -0.477 e. The molecule has 0 saturated heterocycles. The molecule has 3 rings (SSSR count). The van der Waals surface area contributed by atoms with Crippen molar-refractivity contribution in [2.45, 2.75) is 6.92 Å². The van der Waals surface area contributed by atoms with Gasteiger partial charge in [0.25, 0.3) is 0 Å². The number of aryl methyl sites for hydroxylation is 1. The second kappa shape index (κ2) is 4.94. The molecule has 0 aliphatic carbocycles. The van der Waals surface area contributed by atoms with Gasteiger partial charge < -0.3 is 5.11 Å². The Morgan fingerprint density at radius 1 is 1.25 bits per heavy atom. The van der Waals surface area contributed by atoms with Crippen LogP contribution < -0.4 is 0 Å². The Morgan fingerprint density at radius 2 is 2.00 bits per heavy atom. The molecule has 5 heteroatoms. The van der Waals surface area contributed by atoms with Crippen molar-refractivity contribution in [3.63, 3.8) is 0 Å². The number of hydrogen-bond donors (Lipinski definition) is 1. The van der Waals surface area contributed by atoms with E-state index in [0.717, 1.165) is 16.1 Å². The van der Waals surface area contributed by atoms with Gasteiger partial charge in [-0.15, -0.1) is 11.3 Å². The lowest BCUT2D eigenvalue weighted by Gasteiger charge is -2.04. The van der Waals surface area contributed by atoms with E-state index in [0.29, 0.717) is 5.69 Å². The second-order valence-electron chi connectivity index (χ2n) is 4.44. The van der Waals surface area contributed by atoms with Gasteiger partial charge in [-0.2, -0.15) is 5.10 Å². The van der Waals surface area contributed by atoms with Crippen LogP contribution in [0.5, 0.6) is 0 Å². The Balaban J connectivity index is 2.14. The maximum Gasteiger partial charge on any atom is 0.354 e. The van der Waals surface area contributed by atoms with E-state index in [4.69, 9.17) is 0 Å². The van der Waals surface area contributed by atoms with Gasteiger partial charge in [-0.25, -0.2) is 9.48 Å². The molecule has 0 saturated carbocycles. The van der Waals surface area contributed by atoms with Crippen molar-refractivity contribution >= 4 is 17.3 Å². The van der Waals surface area contributed by atoms with Gasteiger partial charge in [0.15, 0.2) is 5.69 Å². The summed E-state index contributed by atoms with van der Waals surface area (Å²) in [6.45, 7) is 1.99. The molecule has 3 aromatic rings. The molecule has 2 aromatic heterocycles. The van der Waals surface area contributed by atoms with Crippen LogP contribution in [-0.2, 0) is 0 Å². The first-order valence-electron chi connectivity index (χ1n) is 6.09. The fraction of sp³-hybridized carbons (Fsp3) is 0.0667. The summed E-state index contributed by atoms with van der Waals surface area (Å²) in [5, 5.41) is 15.7. The van der Waals surface area contributed by atoms with E-state index in [1.54, 1.807) is 6.07 Å². The molecule has 0 aliphatic heterocycles. The number of carboxylic acids is 1. The zero-order chi connectivity index (χ0) is 14.1. The first kappa shape index (κ1) is 12.6. The van der Waals surface area contributed by atoms with Gasteiger partial charge in [0.1, 0.15) is 5.69 Å². The first-order chi connectivity index (χ1) is 9.65. The molecule has 2 heterocycles. The van der Waals surface area contributed by atoms with Gasteiger partial charge in [0.2, 0.25) is 0 Å². The van der Waals surface area contributed by atoms with E-state index >= 15 is 0 Å². The van der Waals surface area contributed by atoms with E-state index in [2.05, 4.69) is 5.10 Å². The molecule has 1 N–H and O–H groups in total. The van der Waals surface area contributed by atoms with Crippen LogP contribution in [0.1, 0.15) is 16.1 Å².